The third-order valence-electron chi connectivity index (χ3n) is 0.778. The first kappa shape index (κ1) is 8.58. The Labute approximate surface area is 61.3 Å². The van der Waals surface area contributed by atoms with Gasteiger partial charge in [0.25, 0.3) is 0 Å². The van der Waals surface area contributed by atoms with E-state index in [1.54, 1.807) is 13.0 Å². The Hall–Kier alpha value is -1.42. The van der Waals surface area contributed by atoms with E-state index < -0.39 is 0 Å². The van der Waals surface area contributed by atoms with Gasteiger partial charge in [0.1, 0.15) is 6.11 Å². The van der Waals surface area contributed by atoms with E-state index in [-0.39, 0.29) is 0 Å². The fraction of sp³-hybridized carbons (Fsp3) is 0.111. The van der Waals surface area contributed by atoms with Crippen LogP contribution in [0, 0.1) is 12.0 Å². The van der Waals surface area contributed by atoms with E-state index in [1.165, 1.54) is 0 Å². The summed E-state index contributed by atoms with van der Waals surface area (Å²) in [5, 5.41) is 7.51. The van der Waals surface area contributed by atoms with Gasteiger partial charge in [0.2, 0.25) is 0 Å². The Morgan fingerprint density at radius 2 is 1.10 bits per heavy atom. The summed E-state index contributed by atoms with van der Waals surface area (Å²) in [6.07, 6.45) is 1.68. The molecule has 0 heterocycles. The van der Waals surface area contributed by atoms with Crippen LogP contribution in [0.2, 0.25) is 0 Å². The fourth-order valence-electron chi connectivity index (χ4n) is 0.385. The highest BCUT2D eigenvalue weighted by Gasteiger charge is 1.57. The lowest BCUT2D eigenvalue weighted by Gasteiger charge is -1.69. The molecule has 1 nitrogen and oxygen atoms in total. The van der Waals surface area contributed by atoms with Crippen molar-refractivity contribution in [1.29, 1.82) is 0 Å². The molecule has 0 radical (unpaired) electrons. The minimum Gasteiger partial charge on any atom is -0.462 e. The van der Waals surface area contributed by atoms with Crippen LogP contribution in [0.4, 0.5) is 0 Å². The highest BCUT2D eigenvalue weighted by Crippen LogP contribution is 1.79. The molecule has 0 aromatic heterocycles. The molecule has 0 saturated heterocycles. The number of benzene rings is 1. The molecule has 0 amide bonds. The molecular formula is C9H10O. The number of aliphatic hydroxyl groups is 1. The van der Waals surface area contributed by atoms with Crippen molar-refractivity contribution in [2.45, 2.75) is 6.92 Å². The first-order valence-electron chi connectivity index (χ1n) is 2.97. The van der Waals surface area contributed by atoms with E-state index >= 15 is 0 Å². The summed E-state index contributed by atoms with van der Waals surface area (Å²) in [5.74, 6) is 2.24. The molecule has 0 aliphatic rings. The summed E-state index contributed by atoms with van der Waals surface area (Å²) in [5.41, 5.74) is 0. The Kier molecular flexibility index (Phi) is 6.50. The van der Waals surface area contributed by atoms with Crippen LogP contribution in [0.1, 0.15) is 6.92 Å². The normalized spacial score (nSPS) is 6.10. The Morgan fingerprint density at radius 3 is 1.20 bits per heavy atom. The van der Waals surface area contributed by atoms with Gasteiger partial charge in [0, 0.05) is 6.92 Å². The van der Waals surface area contributed by atoms with Crippen LogP contribution in [-0.4, -0.2) is 5.11 Å². The molecule has 1 N–H and O–H groups in total. The molecule has 1 aromatic rings. The van der Waals surface area contributed by atoms with Crippen molar-refractivity contribution in [3.63, 3.8) is 0 Å². The summed E-state index contributed by atoms with van der Waals surface area (Å²) in [6, 6.07) is 12.0. The van der Waals surface area contributed by atoms with Crippen molar-refractivity contribution < 1.29 is 5.11 Å². The average Bonchev–Trinajstić information content (AvgIpc) is 2.08. The van der Waals surface area contributed by atoms with Crippen LogP contribution in [0.25, 0.3) is 0 Å². The van der Waals surface area contributed by atoms with Gasteiger partial charge in [-0.1, -0.05) is 42.3 Å². The van der Waals surface area contributed by atoms with Gasteiger partial charge in [0.15, 0.2) is 0 Å². The molecular weight excluding hydrogens is 124 g/mol. The number of rotatable bonds is 0. The SMILES string of the molecule is CC#CO.c1ccccc1. The van der Waals surface area contributed by atoms with Gasteiger partial charge in [-0.15, -0.1) is 0 Å². The van der Waals surface area contributed by atoms with Gasteiger partial charge < -0.3 is 5.11 Å². The zero-order chi connectivity index (χ0) is 7.66. The highest BCUT2D eigenvalue weighted by atomic mass is 16.2. The maximum absolute atomic E-state index is 7.51. The second-order valence-corrected chi connectivity index (χ2v) is 1.52. The van der Waals surface area contributed by atoms with Crippen molar-refractivity contribution in [3.05, 3.63) is 36.4 Å². The molecule has 0 unspecified atom stereocenters. The molecule has 0 bridgehead atoms. The van der Waals surface area contributed by atoms with Gasteiger partial charge in [-0.2, -0.15) is 0 Å². The predicted octanol–water partition coefficient (Wildman–Crippen LogP) is 2.03. The molecule has 52 valence electrons. The second kappa shape index (κ2) is 7.58. The molecule has 0 spiro atoms. The highest BCUT2D eigenvalue weighted by molar-refractivity contribution is 4.99. The van der Waals surface area contributed by atoms with E-state index in [4.69, 9.17) is 5.11 Å². The third-order valence-corrected chi connectivity index (χ3v) is 0.778. The van der Waals surface area contributed by atoms with E-state index in [0.29, 0.717) is 0 Å². The van der Waals surface area contributed by atoms with Crippen LogP contribution in [0.5, 0.6) is 0 Å². The Morgan fingerprint density at radius 1 is 0.900 bits per heavy atom. The molecule has 0 fully saturated rings. The predicted molar refractivity (Wildman–Crippen MR) is 41.8 cm³/mol. The Bertz CT molecular complexity index is 160. The van der Waals surface area contributed by atoms with Gasteiger partial charge in [-0.25, -0.2) is 0 Å². The Balaban J connectivity index is 0.000000180. The van der Waals surface area contributed by atoms with E-state index in [2.05, 4.69) is 5.92 Å². The molecule has 1 rings (SSSR count). The van der Waals surface area contributed by atoms with E-state index in [9.17, 15) is 0 Å². The minimum absolute atomic E-state index is 1.57. The summed E-state index contributed by atoms with van der Waals surface area (Å²) in [6.45, 7) is 1.57. The van der Waals surface area contributed by atoms with E-state index in [1.807, 2.05) is 36.4 Å². The van der Waals surface area contributed by atoms with Crippen molar-refractivity contribution in [2.75, 3.05) is 0 Å². The van der Waals surface area contributed by atoms with Crippen molar-refractivity contribution in [3.8, 4) is 12.0 Å². The van der Waals surface area contributed by atoms with Gasteiger partial charge in [-0.3, -0.25) is 0 Å². The van der Waals surface area contributed by atoms with Crippen LogP contribution in [-0.2, 0) is 0 Å². The molecule has 1 heteroatoms. The maximum atomic E-state index is 7.51. The monoisotopic (exact) mass is 134 g/mol. The van der Waals surface area contributed by atoms with Crippen LogP contribution in [0.15, 0.2) is 36.4 Å². The minimum atomic E-state index is 1.57. The summed E-state index contributed by atoms with van der Waals surface area (Å²) < 4.78 is 0. The first-order valence-corrected chi connectivity index (χ1v) is 2.97. The third kappa shape index (κ3) is 6.58. The smallest absolute Gasteiger partial charge is 0.107 e. The zero-order valence-electron chi connectivity index (χ0n) is 5.91. The van der Waals surface area contributed by atoms with Crippen LogP contribution >= 0.6 is 0 Å². The lowest BCUT2D eigenvalue weighted by atomic mass is 10.4. The number of hydrogen-bond donors (Lipinski definition) is 1. The van der Waals surface area contributed by atoms with Crippen LogP contribution in [0.3, 0.4) is 0 Å². The van der Waals surface area contributed by atoms with Crippen molar-refractivity contribution in [1.82, 2.24) is 0 Å². The van der Waals surface area contributed by atoms with Gasteiger partial charge in [0.05, 0.1) is 0 Å². The molecule has 10 heavy (non-hydrogen) atoms. The standard InChI is InChI=1S/C6H6.C3H4O/c1-2-4-6-5-3-1;1-2-3-4/h1-6H;4H,1H3. The zero-order valence-corrected chi connectivity index (χ0v) is 5.91. The van der Waals surface area contributed by atoms with Gasteiger partial charge >= 0.3 is 0 Å². The van der Waals surface area contributed by atoms with Crippen molar-refractivity contribution in [2.24, 2.45) is 0 Å². The summed E-state index contributed by atoms with van der Waals surface area (Å²) >= 11 is 0. The van der Waals surface area contributed by atoms with Crippen LogP contribution < -0.4 is 0 Å². The quantitative estimate of drug-likeness (QED) is 0.538. The molecule has 0 aliphatic heterocycles. The summed E-state index contributed by atoms with van der Waals surface area (Å²) in [4.78, 5) is 0. The molecule has 0 atom stereocenters. The summed E-state index contributed by atoms with van der Waals surface area (Å²) in [7, 11) is 0. The number of aliphatic hydroxyl groups excluding tert-OH is 1. The van der Waals surface area contributed by atoms with E-state index in [0.717, 1.165) is 0 Å². The number of hydrogen-bond acceptors (Lipinski definition) is 1. The lowest BCUT2D eigenvalue weighted by molar-refractivity contribution is 0.517. The maximum Gasteiger partial charge on any atom is 0.107 e. The average molecular weight is 134 g/mol. The molecule has 0 aliphatic carbocycles. The molecule has 0 saturated carbocycles. The lowest BCUT2D eigenvalue weighted by Crippen LogP contribution is -1.47. The largest absolute Gasteiger partial charge is 0.462 e. The van der Waals surface area contributed by atoms with Crippen molar-refractivity contribution >= 4 is 0 Å². The fourth-order valence-corrected chi connectivity index (χ4v) is 0.385. The molecule has 1 aromatic carbocycles. The van der Waals surface area contributed by atoms with Gasteiger partial charge in [-0.05, 0) is 0 Å². The topological polar surface area (TPSA) is 20.2 Å². The second-order valence-electron chi connectivity index (χ2n) is 1.52. The first-order chi connectivity index (χ1) is 4.91.